The lowest BCUT2D eigenvalue weighted by Gasteiger charge is -2.11. The van der Waals surface area contributed by atoms with Gasteiger partial charge in [0.1, 0.15) is 11.6 Å². The first kappa shape index (κ1) is 16.1. The van der Waals surface area contributed by atoms with Crippen molar-refractivity contribution in [2.45, 2.75) is 20.0 Å². The minimum atomic E-state index is 0.644. The lowest BCUT2D eigenvalue weighted by Crippen LogP contribution is -2.09. The maximum atomic E-state index is 5.24. The summed E-state index contributed by atoms with van der Waals surface area (Å²) in [4.78, 5) is 13.5. The molecular formula is C19H20N6O. The number of aryl methyl sites for hydroxylation is 1. The van der Waals surface area contributed by atoms with E-state index < -0.39 is 0 Å². The SMILES string of the molecule is CCn1ccnc1Cn1ccnc1-c1nccn1-c1ccc(OC)cc1. The Hall–Kier alpha value is -3.35. The van der Waals surface area contributed by atoms with Gasteiger partial charge >= 0.3 is 0 Å². The Morgan fingerprint density at radius 3 is 2.31 bits per heavy atom. The molecule has 0 bridgehead atoms. The number of ether oxygens (including phenoxy) is 1. The monoisotopic (exact) mass is 348 g/mol. The van der Waals surface area contributed by atoms with Gasteiger partial charge in [-0.1, -0.05) is 0 Å². The molecule has 26 heavy (non-hydrogen) atoms. The molecule has 1 aromatic carbocycles. The maximum Gasteiger partial charge on any atom is 0.181 e. The van der Waals surface area contributed by atoms with E-state index in [9.17, 15) is 0 Å². The summed E-state index contributed by atoms with van der Waals surface area (Å²) in [5.41, 5.74) is 1.00. The van der Waals surface area contributed by atoms with Gasteiger partial charge < -0.3 is 13.9 Å². The van der Waals surface area contributed by atoms with Gasteiger partial charge in [-0.2, -0.15) is 0 Å². The molecular weight excluding hydrogens is 328 g/mol. The third-order valence-electron chi connectivity index (χ3n) is 4.36. The standard InChI is InChI=1S/C19H20N6O/c1-3-23-11-8-20-17(23)14-24-12-9-21-18(24)19-22-10-13-25(19)15-4-6-16(26-2)7-5-15/h4-13H,3,14H2,1-2H3. The van der Waals surface area contributed by atoms with Gasteiger partial charge in [-0.15, -0.1) is 0 Å². The molecule has 0 spiro atoms. The smallest absolute Gasteiger partial charge is 0.181 e. The Labute approximate surface area is 151 Å². The van der Waals surface area contributed by atoms with Crippen molar-refractivity contribution in [1.29, 1.82) is 0 Å². The molecule has 0 aliphatic carbocycles. The highest BCUT2D eigenvalue weighted by molar-refractivity contribution is 5.51. The second-order valence-electron chi connectivity index (χ2n) is 5.83. The van der Waals surface area contributed by atoms with Crippen LogP contribution in [0.1, 0.15) is 12.7 Å². The quantitative estimate of drug-likeness (QED) is 0.537. The first-order valence-electron chi connectivity index (χ1n) is 8.49. The van der Waals surface area contributed by atoms with Gasteiger partial charge in [0.15, 0.2) is 11.6 Å². The van der Waals surface area contributed by atoms with E-state index in [0.717, 1.165) is 35.5 Å². The molecule has 7 nitrogen and oxygen atoms in total. The Kier molecular flexibility index (Phi) is 4.27. The number of methoxy groups -OCH3 is 1. The van der Waals surface area contributed by atoms with Gasteiger partial charge in [-0.25, -0.2) is 15.0 Å². The summed E-state index contributed by atoms with van der Waals surface area (Å²) in [6, 6.07) is 7.87. The van der Waals surface area contributed by atoms with Crippen molar-refractivity contribution in [2.24, 2.45) is 0 Å². The van der Waals surface area contributed by atoms with Gasteiger partial charge in [0.2, 0.25) is 0 Å². The number of aromatic nitrogens is 6. The van der Waals surface area contributed by atoms with E-state index >= 15 is 0 Å². The van der Waals surface area contributed by atoms with Crippen LogP contribution >= 0.6 is 0 Å². The van der Waals surface area contributed by atoms with Crippen LogP contribution in [-0.4, -0.2) is 35.8 Å². The van der Waals surface area contributed by atoms with Crippen molar-refractivity contribution in [1.82, 2.24) is 28.7 Å². The van der Waals surface area contributed by atoms with Gasteiger partial charge in [-0.3, -0.25) is 4.57 Å². The van der Waals surface area contributed by atoms with Gasteiger partial charge in [-0.05, 0) is 31.2 Å². The highest BCUT2D eigenvalue weighted by Gasteiger charge is 2.15. The fourth-order valence-electron chi connectivity index (χ4n) is 2.99. The highest BCUT2D eigenvalue weighted by atomic mass is 16.5. The topological polar surface area (TPSA) is 62.7 Å². The number of imidazole rings is 3. The van der Waals surface area contributed by atoms with Crippen molar-refractivity contribution in [3.8, 4) is 23.1 Å². The molecule has 7 heteroatoms. The molecule has 0 aliphatic rings. The predicted octanol–water partition coefficient (Wildman–Crippen LogP) is 3.01. The van der Waals surface area contributed by atoms with Crippen LogP contribution in [-0.2, 0) is 13.1 Å². The average Bonchev–Trinajstić information content (AvgIpc) is 3.42. The third-order valence-corrected chi connectivity index (χ3v) is 4.36. The molecule has 0 fully saturated rings. The number of benzene rings is 1. The van der Waals surface area contributed by atoms with E-state index in [2.05, 4.69) is 31.0 Å². The van der Waals surface area contributed by atoms with Crippen molar-refractivity contribution in [3.05, 3.63) is 67.3 Å². The van der Waals surface area contributed by atoms with E-state index in [1.807, 2.05) is 53.6 Å². The summed E-state index contributed by atoms with van der Waals surface area (Å²) in [5.74, 6) is 3.41. The average molecular weight is 348 g/mol. The molecule has 3 aromatic heterocycles. The summed E-state index contributed by atoms with van der Waals surface area (Å²) in [7, 11) is 1.66. The number of nitrogens with zero attached hydrogens (tertiary/aromatic N) is 6. The van der Waals surface area contributed by atoms with Gasteiger partial charge in [0.25, 0.3) is 0 Å². The predicted molar refractivity (Wildman–Crippen MR) is 98.3 cm³/mol. The second-order valence-corrected chi connectivity index (χ2v) is 5.83. The van der Waals surface area contributed by atoms with Crippen molar-refractivity contribution >= 4 is 0 Å². The number of hydrogen-bond donors (Lipinski definition) is 0. The normalized spacial score (nSPS) is 11.0. The molecule has 0 unspecified atom stereocenters. The summed E-state index contributed by atoms with van der Waals surface area (Å²) in [6.07, 6.45) is 11.3. The van der Waals surface area contributed by atoms with E-state index in [-0.39, 0.29) is 0 Å². The molecule has 132 valence electrons. The first-order chi connectivity index (χ1) is 12.8. The fourth-order valence-corrected chi connectivity index (χ4v) is 2.99. The number of rotatable bonds is 6. The van der Waals surface area contributed by atoms with Crippen molar-refractivity contribution in [2.75, 3.05) is 7.11 Å². The van der Waals surface area contributed by atoms with Crippen LogP contribution in [0.2, 0.25) is 0 Å². The zero-order valence-electron chi connectivity index (χ0n) is 14.8. The fraction of sp³-hybridized carbons (Fsp3) is 0.211. The summed E-state index contributed by atoms with van der Waals surface area (Å²) >= 11 is 0. The molecule has 0 N–H and O–H groups in total. The molecule has 0 aliphatic heterocycles. The van der Waals surface area contributed by atoms with E-state index in [4.69, 9.17) is 4.74 Å². The Morgan fingerprint density at radius 1 is 0.846 bits per heavy atom. The van der Waals surface area contributed by atoms with E-state index in [0.29, 0.717) is 6.54 Å². The van der Waals surface area contributed by atoms with E-state index in [1.54, 1.807) is 19.5 Å². The summed E-state index contributed by atoms with van der Waals surface area (Å²) in [6.45, 7) is 3.64. The highest BCUT2D eigenvalue weighted by Crippen LogP contribution is 2.22. The lowest BCUT2D eigenvalue weighted by atomic mass is 10.3. The van der Waals surface area contributed by atoms with Crippen LogP contribution in [0.3, 0.4) is 0 Å². The molecule has 4 rings (SSSR count). The van der Waals surface area contributed by atoms with Crippen molar-refractivity contribution < 1.29 is 4.74 Å². The van der Waals surface area contributed by atoms with Crippen LogP contribution in [0.15, 0.2) is 61.4 Å². The van der Waals surface area contributed by atoms with Crippen LogP contribution in [0.5, 0.6) is 5.75 Å². The molecule has 0 saturated carbocycles. The van der Waals surface area contributed by atoms with Crippen molar-refractivity contribution in [3.63, 3.8) is 0 Å². The first-order valence-corrected chi connectivity index (χ1v) is 8.49. The second kappa shape index (κ2) is 6.87. The minimum absolute atomic E-state index is 0.644. The molecule has 3 heterocycles. The molecule has 0 radical (unpaired) electrons. The van der Waals surface area contributed by atoms with Crippen LogP contribution < -0.4 is 4.74 Å². The van der Waals surface area contributed by atoms with Crippen LogP contribution in [0.25, 0.3) is 17.3 Å². The Balaban J connectivity index is 1.69. The summed E-state index contributed by atoms with van der Waals surface area (Å²) < 4.78 is 11.4. The third kappa shape index (κ3) is 2.88. The number of hydrogen-bond acceptors (Lipinski definition) is 4. The van der Waals surface area contributed by atoms with E-state index in [1.165, 1.54) is 0 Å². The molecule has 0 atom stereocenters. The van der Waals surface area contributed by atoms with Gasteiger partial charge in [0.05, 0.1) is 13.7 Å². The zero-order valence-corrected chi connectivity index (χ0v) is 14.8. The molecule has 0 amide bonds. The Bertz CT molecular complexity index is 995. The largest absolute Gasteiger partial charge is 0.497 e. The lowest BCUT2D eigenvalue weighted by molar-refractivity contribution is 0.415. The van der Waals surface area contributed by atoms with Gasteiger partial charge in [0, 0.05) is 49.4 Å². The summed E-state index contributed by atoms with van der Waals surface area (Å²) in [5, 5.41) is 0. The molecule has 4 aromatic rings. The van der Waals surface area contributed by atoms with Crippen LogP contribution in [0, 0.1) is 0 Å². The maximum absolute atomic E-state index is 5.24. The molecule has 0 saturated heterocycles. The minimum Gasteiger partial charge on any atom is -0.497 e. The van der Waals surface area contributed by atoms with Crippen LogP contribution in [0.4, 0.5) is 0 Å². The zero-order chi connectivity index (χ0) is 17.9. The Morgan fingerprint density at radius 2 is 1.54 bits per heavy atom.